The summed E-state index contributed by atoms with van der Waals surface area (Å²) in [6.07, 6.45) is -1.10. The molecule has 2 heterocycles. The lowest BCUT2D eigenvalue weighted by molar-refractivity contribution is -0.385. The fraction of sp³-hybridized carbons (Fsp3) is 0.600. The van der Waals surface area contributed by atoms with Gasteiger partial charge in [-0.3, -0.25) is 29.8 Å². The van der Waals surface area contributed by atoms with E-state index in [-0.39, 0.29) is 58.2 Å². The van der Waals surface area contributed by atoms with E-state index >= 15 is 0 Å². The van der Waals surface area contributed by atoms with Crippen LogP contribution in [-0.4, -0.2) is 110 Å². The van der Waals surface area contributed by atoms with Gasteiger partial charge in [-0.05, 0) is 94.2 Å². The zero-order chi connectivity index (χ0) is 47.4. The molecule has 0 saturated carbocycles. The molecule has 62 heavy (non-hydrogen) atoms. The summed E-state index contributed by atoms with van der Waals surface area (Å²) in [6, 6.07) is 4.54. The molecule has 0 radical (unpaired) electrons. The molecular weight excluding hydrogens is 857 g/mol. The van der Waals surface area contributed by atoms with E-state index in [0.29, 0.717) is 0 Å². The van der Waals surface area contributed by atoms with Gasteiger partial charge in [-0.1, -0.05) is 0 Å². The molecule has 4 rings (SSSR count). The number of nitrogens with zero attached hydrogens (tertiary/aromatic N) is 4. The number of likely N-dealkylation sites (tertiary alicyclic amines) is 2. The summed E-state index contributed by atoms with van der Waals surface area (Å²) in [6.45, 7) is 16.2. The first-order valence-electron chi connectivity index (χ1n) is 19.6. The Bertz CT molecular complexity index is 2120. The predicted molar refractivity (Wildman–Crippen MR) is 222 cm³/mol. The van der Waals surface area contributed by atoms with Crippen LogP contribution in [0.1, 0.15) is 105 Å². The molecule has 2 aliphatic heterocycles. The van der Waals surface area contributed by atoms with Gasteiger partial charge < -0.3 is 28.7 Å². The van der Waals surface area contributed by atoms with Crippen LogP contribution >= 0.6 is 0 Å². The molecule has 0 unspecified atom stereocenters. The Morgan fingerprint density at radius 3 is 1.18 bits per heavy atom. The Labute approximate surface area is 361 Å². The number of nitro groups is 2. The minimum atomic E-state index is -3.88. The molecule has 2 aromatic rings. The third-order valence-corrected chi connectivity index (χ3v) is 14.4. The fourth-order valence-corrected chi connectivity index (χ4v) is 9.54. The maximum absolute atomic E-state index is 13.0. The van der Waals surface area contributed by atoms with E-state index < -0.39 is 99.3 Å². The number of rotatable bonds is 10. The summed E-state index contributed by atoms with van der Waals surface area (Å²) in [4.78, 5) is 74.4. The highest BCUT2D eigenvalue weighted by atomic mass is 32.2. The van der Waals surface area contributed by atoms with Crippen molar-refractivity contribution < 1.29 is 64.8 Å². The van der Waals surface area contributed by atoms with Gasteiger partial charge in [0, 0.05) is 48.5 Å². The highest BCUT2D eigenvalue weighted by Crippen LogP contribution is 2.45. The van der Waals surface area contributed by atoms with Gasteiger partial charge >= 0.3 is 24.1 Å². The van der Waals surface area contributed by atoms with Gasteiger partial charge in [0.15, 0.2) is 19.7 Å². The molecule has 2 aliphatic rings. The number of methoxy groups -OCH3 is 2. The van der Waals surface area contributed by atoms with Crippen molar-refractivity contribution in [3.8, 4) is 0 Å². The van der Waals surface area contributed by atoms with Gasteiger partial charge in [0.2, 0.25) is 0 Å². The summed E-state index contributed by atoms with van der Waals surface area (Å²) < 4.78 is 72.7. The van der Waals surface area contributed by atoms with Crippen molar-refractivity contribution in [3.63, 3.8) is 0 Å². The molecule has 2 aromatic carbocycles. The van der Waals surface area contributed by atoms with E-state index in [1.165, 1.54) is 51.7 Å². The van der Waals surface area contributed by atoms with Gasteiger partial charge in [-0.25, -0.2) is 26.4 Å². The second-order valence-corrected chi connectivity index (χ2v) is 22.2. The standard InChI is InChI=1S/2C20H28N2O8S/c2*1-12(2)31(27,28)16-8-7-13(22(25)26)11-15(16)17-14(18(23)29-6)9-10-21(17)19(24)30-20(3,4)5/h2*7-8,11-12,14,17H,9-10H2,1-6H3/t14-,17+;14-,17-/m00/s1. The molecule has 20 nitrogen and oxygen atoms in total. The van der Waals surface area contributed by atoms with Crippen LogP contribution in [0.2, 0.25) is 0 Å². The average Bonchev–Trinajstić information content (AvgIpc) is 3.81. The highest BCUT2D eigenvalue weighted by Gasteiger charge is 2.48. The first-order chi connectivity index (χ1) is 28.4. The zero-order valence-electron chi connectivity index (χ0n) is 36.9. The molecule has 0 aliphatic carbocycles. The maximum atomic E-state index is 13.0. The van der Waals surface area contributed by atoms with Gasteiger partial charge in [0.05, 0.1) is 68.3 Å². The molecule has 344 valence electrons. The van der Waals surface area contributed by atoms with Gasteiger partial charge in [0.1, 0.15) is 11.2 Å². The molecule has 0 N–H and O–H groups in total. The van der Waals surface area contributed by atoms with Crippen LogP contribution in [0.4, 0.5) is 21.0 Å². The molecule has 0 spiro atoms. The Morgan fingerprint density at radius 1 is 0.629 bits per heavy atom. The quantitative estimate of drug-likeness (QED) is 0.107. The van der Waals surface area contributed by atoms with Gasteiger partial charge in [0.25, 0.3) is 11.4 Å². The molecule has 0 bridgehead atoms. The third-order valence-electron chi connectivity index (χ3n) is 9.96. The number of amides is 2. The monoisotopic (exact) mass is 912 g/mol. The van der Waals surface area contributed by atoms with Crippen LogP contribution in [0.3, 0.4) is 0 Å². The number of carbonyl (C=O) groups is 4. The first-order valence-corrected chi connectivity index (χ1v) is 22.7. The van der Waals surface area contributed by atoms with E-state index in [1.807, 2.05) is 0 Å². The van der Waals surface area contributed by atoms with Gasteiger partial charge in [-0.15, -0.1) is 0 Å². The lowest BCUT2D eigenvalue weighted by atomic mass is 9.93. The molecule has 2 saturated heterocycles. The van der Waals surface area contributed by atoms with Crippen molar-refractivity contribution in [2.75, 3.05) is 27.3 Å². The molecule has 2 fully saturated rings. The normalized spacial score (nSPS) is 19.4. The SMILES string of the molecule is COC(=O)[C@H]1CCN(C(=O)OC(C)(C)C)[C@@H]1c1cc([N+](=O)[O-])ccc1S(=O)(=O)C(C)C.COC(=O)[C@H]1CCN(C(=O)OC(C)(C)C)[C@H]1c1cc([N+](=O)[O-])ccc1S(=O)(=O)C(C)C. The summed E-state index contributed by atoms with van der Waals surface area (Å²) >= 11 is 0. The molecule has 22 heteroatoms. The fourth-order valence-electron chi connectivity index (χ4n) is 6.99. The minimum absolute atomic E-state index is 0.00154. The first kappa shape index (κ1) is 51.0. The molecule has 2 amide bonds. The Balaban J connectivity index is 0.000000330. The van der Waals surface area contributed by atoms with Crippen LogP contribution in [0.5, 0.6) is 0 Å². The third kappa shape index (κ3) is 11.5. The molecule has 4 atom stereocenters. The topological polar surface area (TPSA) is 266 Å². The second-order valence-electron chi connectivity index (χ2n) is 17.2. The van der Waals surface area contributed by atoms with E-state index in [4.69, 9.17) is 18.9 Å². The lowest BCUT2D eigenvalue weighted by Gasteiger charge is -2.31. The Morgan fingerprint density at radius 2 is 0.935 bits per heavy atom. The average molecular weight is 913 g/mol. The van der Waals surface area contributed by atoms with Crippen molar-refractivity contribution in [1.82, 2.24) is 9.80 Å². The Kier molecular flexibility index (Phi) is 15.9. The number of hydrogen-bond donors (Lipinski definition) is 0. The molecular formula is C40H56N4O16S2. The summed E-state index contributed by atoms with van der Waals surface area (Å²) in [5.74, 6) is -3.09. The van der Waals surface area contributed by atoms with Crippen molar-refractivity contribution in [2.45, 2.75) is 126 Å². The van der Waals surface area contributed by atoms with Crippen LogP contribution in [0.25, 0.3) is 0 Å². The summed E-state index contributed by atoms with van der Waals surface area (Å²) in [5.41, 5.74) is -2.36. The summed E-state index contributed by atoms with van der Waals surface area (Å²) in [5, 5.41) is 21.2. The van der Waals surface area contributed by atoms with Crippen molar-refractivity contribution >= 4 is 55.2 Å². The van der Waals surface area contributed by atoms with E-state index in [1.54, 1.807) is 41.5 Å². The van der Waals surface area contributed by atoms with Crippen molar-refractivity contribution in [1.29, 1.82) is 0 Å². The van der Waals surface area contributed by atoms with Crippen LogP contribution in [0, 0.1) is 32.1 Å². The maximum Gasteiger partial charge on any atom is 0.410 e. The number of sulfone groups is 2. The highest BCUT2D eigenvalue weighted by molar-refractivity contribution is 7.92. The smallest absolute Gasteiger partial charge is 0.410 e. The number of nitro benzene ring substituents is 2. The number of hydrogen-bond acceptors (Lipinski definition) is 16. The zero-order valence-corrected chi connectivity index (χ0v) is 38.5. The second kappa shape index (κ2) is 19.3. The predicted octanol–water partition coefficient (Wildman–Crippen LogP) is 6.50. The summed E-state index contributed by atoms with van der Waals surface area (Å²) in [7, 11) is -5.38. The molecule has 0 aromatic heterocycles. The van der Waals surface area contributed by atoms with Gasteiger partial charge in [-0.2, -0.15) is 0 Å². The van der Waals surface area contributed by atoms with E-state index in [2.05, 4.69) is 0 Å². The van der Waals surface area contributed by atoms with Crippen molar-refractivity contribution in [2.24, 2.45) is 11.8 Å². The van der Waals surface area contributed by atoms with Crippen LogP contribution in [-0.2, 0) is 48.2 Å². The van der Waals surface area contributed by atoms with Crippen molar-refractivity contribution in [3.05, 3.63) is 67.8 Å². The van der Waals surface area contributed by atoms with E-state index in [9.17, 15) is 56.2 Å². The van der Waals surface area contributed by atoms with Crippen LogP contribution < -0.4 is 0 Å². The van der Waals surface area contributed by atoms with Crippen LogP contribution in [0.15, 0.2) is 46.2 Å². The minimum Gasteiger partial charge on any atom is -0.469 e. The van der Waals surface area contributed by atoms with E-state index in [0.717, 1.165) is 36.4 Å². The Hall–Kier alpha value is -5.38. The lowest BCUT2D eigenvalue weighted by Crippen LogP contribution is -2.39. The number of esters is 2. The number of non-ortho nitro benzene ring substituents is 2. The number of carbonyl (C=O) groups excluding carboxylic acids is 4. The number of ether oxygens (including phenoxy) is 4. The largest absolute Gasteiger partial charge is 0.469 e. The number of benzene rings is 2.